The first-order valence-electron chi connectivity index (χ1n) is 5.64. The van der Waals surface area contributed by atoms with Crippen LogP contribution in [0.2, 0.25) is 0 Å². The van der Waals surface area contributed by atoms with E-state index < -0.39 is 27.3 Å². The maximum absolute atomic E-state index is 13.0. The van der Waals surface area contributed by atoms with Crippen molar-refractivity contribution in [2.45, 2.75) is 23.8 Å². The predicted octanol–water partition coefficient (Wildman–Crippen LogP) is 1.22. The average Bonchev–Trinajstić information content (AvgIpc) is 3.11. The number of hydrogen-bond donors (Lipinski definition) is 0. The largest absolute Gasteiger partial charge is 0.342 e. The van der Waals surface area contributed by atoms with Gasteiger partial charge in [0.2, 0.25) is 5.91 Å². The summed E-state index contributed by atoms with van der Waals surface area (Å²) >= 11 is 0. The van der Waals surface area contributed by atoms with E-state index in [0.717, 1.165) is 25.0 Å². The van der Waals surface area contributed by atoms with Crippen LogP contribution in [0.5, 0.6) is 0 Å². The maximum atomic E-state index is 13.0. The number of carbonyl (C=O) groups excluding carboxylic acids is 1. The van der Waals surface area contributed by atoms with Crippen molar-refractivity contribution in [2.75, 3.05) is 12.8 Å². The first-order chi connectivity index (χ1) is 8.40. The third-order valence-corrected chi connectivity index (χ3v) is 4.56. The molecule has 1 aliphatic carbocycles. The van der Waals surface area contributed by atoms with E-state index in [1.165, 1.54) is 17.0 Å². The molecule has 1 amide bonds. The summed E-state index contributed by atoms with van der Waals surface area (Å²) in [6, 6.07) is 4.87. The molecule has 0 heterocycles. The second-order valence-electron chi connectivity index (χ2n) is 4.45. The number of hydrogen-bond acceptors (Lipinski definition) is 3. The van der Waals surface area contributed by atoms with Crippen LogP contribution in [0.4, 0.5) is 4.39 Å². The Morgan fingerprint density at radius 3 is 2.67 bits per heavy atom. The molecular weight excluding hydrogens is 257 g/mol. The van der Waals surface area contributed by atoms with Crippen molar-refractivity contribution in [3.05, 3.63) is 30.1 Å². The summed E-state index contributed by atoms with van der Waals surface area (Å²) in [5.41, 5.74) is 0. The highest BCUT2D eigenvalue weighted by Gasteiger charge is 2.32. The Morgan fingerprint density at radius 2 is 2.11 bits per heavy atom. The van der Waals surface area contributed by atoms with Gasteiger partial charge in [-0.05, 0) is 31.0 Å². The Morgan fingerprint density at radius 1 is 1.44 bits per heavy atom. The minimum atomic E-state index is -3.76. The van der Waals surface area contributed by atoms with Gasteiger partial charge in [0.1, 0.15) is 11.6 Å². The first-order valence-corrected chi connectivity index (χ1v) is 7.29. The Labute approximate surface area is 105 Å². The average molecular weight is 271 g/mol. The van der Waals surface area contributed by atoms with Gasteiger partial charge in [0, 0.05) is 13.1 Å². The van der Waals surface area contributed by atoms with Crippen molar-refractivity contribution in [1.29, 1.82) is 0 Å². The van der Waals surface area contributed by atoms with Gasteiger partial charge in [-0.3, -0.25) is 4.79 Å². The molecule has 1 aromatic carbocycles. The van der Waals surface area contributed by atoms with Crippen molar-refractivity contribution in [2.24, 2.45) is 0 Å². The normalized spacial score (nSPS) is 15.4. The lowest BCUT2D eigenvalue weighted by atomic mass is 10.4. The SMILES string of the molecule is CN(C(=O)CS(=O)(=O)c1cccc(F)c1)C1CC1. The van der Waals surface area contributed by atoms with E-state index in [0.29, 0.717) is 0 Å². The van der Waals surface area contributed by atoms with Crippen molar-refractivity contribution >= 4 is 15.7 Å². The van der Waals surface area contributed by atoms with Crippen LogP contribution in [-0.2, 0) is 14.6 Å². The van der Waals surface area contributed by atoms with Gasteiger partial charge < -0.3 is 4.90 Å². The highest BCUT2D eigenvalue weighted by molar-refractivity contribution is 7.92. The molecule has 18 heavy (non-hydrogen) atoms. The molecule has 1 aromatic rings. The summed E-state index contributed by atoms with van der Waals surface area (Å²) in [5.74, 6) is -1.68. The van der Waals surface area contributed by atoms with E-state index in [1.54, 1.807) is 7.05 Å². The Balaban J connectivity index is 2.14. The molecule has 0 spiro atoms. The fourth-order valence-electron chi connectivity index (χ4n) is 1.67. The summed E-state index contributed by atoms with van der Waals surface area (Å²) in [6.07, 6.45) is 1.84. The molecule has 6 heteroatoms. The minimum absolute atomic E-state index is 0.153. The molecule has 98 valence electrons. The monoisotopic (exact) mass is 271 g/mol. The number of carbonyl (C=O) groups is 1. The Bertz CT molecular complexity index is 566. The maximum Gasteiger partial charge on any atom is 0.238 e. The summed E-state index contributed by atoms with van der Waals surface area (Å²) in [5, 5.41) is 0. The lowest BCUT2D eigenvalue weighted by Crippen LogP contribution is -2.34. The van der Waals surface area contributed by atoms with Gasteiger partial charge >= 0.3 is 0 Å². The van der Waals surface area contributed by atoms with Crippen molar-refractivity contribution in [3.63, 3.8) is 0 Å². The fraction of sp³-hybridized carbons (Fsp3) is 0.417. The molecule has 0 bridgehead atoms. The fourth-order valence-corrected chi connectivity index (χ4v) is 2.95. The zero-order valence-electron chi connectivity index (χ0n) is 9.97. The van der Waals surface area contributed by atoms with Gasteiger partial charge in [-0.2, -0.15) is 0 Å². The molecule has 0 atom stereocenters. The summed E-state index contributed by atoms with van der Waals surface area (Å²) in [7, 11) is -2.17. The number of rotatable bonds is 4. The quantitative estimate of drug-likeness (QED) is 0.827. The summed E-state index contributed by atoms with van der Waals surface area (Å²) in [6.45, 7) is 0. The lowest BCUT2D eigenvalue weighted by Gasteiger charge is -2.16. The number of amides is 1. The van der Waals surface area contributed by atoms with E-state index in [4.69, 9.17) is 0 Å². The Kier molecular flexibility index (Phi) is 3.38. The van der Waals surface area contributed by atoms with Crippen LogP contribution < -0.4 is 0 Å². The van der Waals surface area contributed by atoms with Gasteiger partial charge in [-0.15, -0.1) is 0 Å². The summed E-state index contributed by atoms with van der Waals surface area (Å²) in [4.78, 5) is 13.1. The second kappa shape index (κ2) is 4.68. The standard InChI is InChI=1S/C12H14FNO3S/c1-14(10-5-6-10)12(15)8-18(16,17)11-4-2-3-9(13)7-11/h2-4,7,10H,5-6,8H2,1H3. The zero-order chi connectivity index (χ0) is 13.3. The second-order valence-corrected chi connectivity index (χ2v) is 6.44. The van der Waals surface area contributed by atoms with E-state index >= 15 is 0 Å². The summed E-state index contributed by atoms with van der Waals surface area (Å²) < 4.78 is 36.8. The Hall–Kier alpha value is -1.43. The lowest BCUT2D eigenvalue weighted by molar-refractivity contribution is -0.127. The molecule has 0 aliphatic heterocycles. The van der Waals surface area contributed by atoms with E-state index in [9.17, 15) is 17.6 Å². The first kappa shape index (κ1) is 13.0. The van der Waals surface area contributed by atoms with Gasteiger partial charge in [-0.1, -0.05) is 6.07 Å². The van der Waals surface area contributed by atoms with E-state index in [1.807, 2.05) is 0 Å². The predicted molar refractivity (Wildman–Crippen MR) is 64.2 cm³/mol. The van der Waals surface area contributed by atoms with Crippen LogP contribution >= 0.6 is 0 Å². The molecule has 1 fully saturated rings. The minimum Gasteiger partial charge on any atom is -0.342 e. The van der Waals surface area contributed by atoms with Crippen molar-refractivity contribution < 1.29 is 17.6 Å². The molecule has 0 unspecified atom stereocenters. The van der Waals surface area contributed by atoms with E-state index in [2.05, 4.69) is 0 Å². The number of nitrogens with zero attached hydrogens (tertiary/aromatic N) is 1. The van der Waals surface area contributed by atoms with Crippen LogP contribution in [0.3, 0.4) is 0 Å². The molecule has 0 radical (unpaired) electrons. The van der Waals surface area contributed by atoms with Gasteiger partial charge in [0.25, 0.3) is 0 Å². The number of halogens is 1. The zero-order valence-corrected chi connectivity index (χ0v) is 10.8. The molecule has 4 nitrogen and oxygen atoms in total. The molecule has 1 saturated carbocycles. The third-order valence-electron chi connectivity index (χ3n) is 2.96. The number of sulfone groups is 1. The molecule has 2 rings (SSSR count). The molecule has 0 aromatic heterocycles. The molecule has 0 saturated heterocycles. The molecule has 1 aliphatic rings. The van der Waals surface area contributed by atoms with Gasteiger partial charge in [0.05, 0.1) is 4.90 Å². The van der Waals surface area contributed by atoms with Gasteiger partial charge in [-0.25, -0.2) is 12.8 Å². The van der Waals surface area contributed by atoms with Crippen LogP contribution in [-0.4, -0.2) is 38.1 Å². The van der Waals surface area contributed by atoms with Crippen LogP contribution in [0.25, 0.3) is 0 Å². The highest BCUT2D eigenvalue weighted by Crippen LogP contribution is 2.25. The van der Waals surface area contributed by atoms with E-state index in [-0.39, 0.29) is 10.9 Å². The van der Waals surface area contributed by atoms with Crippen LogP contribution in [0, 0.1) is 5.82 Å². The molecular formula is C12H14FNO3S. The topological polar surface area (TPSA) is 54.5 Å². The highest BCUT2D eigenvalue weighted by atomic mass is 32.2. The van der Waals surface area contributed by atoms with Crippen LogP contribution in [0.15, 0.2) is 29.2 Å². The molecule has 0 N–H and O–H groups in total. The van der Waals surface area contributed by atoms with Crippen molar-refractivity contribution in [1.82, 2.24) is 4.90 Å². The number of benzene rings is 1. The van der Waals surface area contributed by atoms with Crippen molar-refractivity contribution in [3.8, 4) is 0 Å². The smallest absolute Gasteiger partial charge is 0.238 e. The third kappa shape index (κ3) is 2.87. The van der Waals surface area contributed by atoms with Gasteiger partial charge in [0.15, 0.2) is 9.84 Å². The van der Waals surface area contributed by atoms with Crippen LogP contribution in [0.1, 0.15) is 12.8 Å².